The summed E-state index contributed by atoms with van der Waals surface area (Å²) in [6, 6.07) is 9.34. The van der Waals surface area contributed by atoms with Crippen LogP contribution in [-0.4, -0.2) is 42.3 Å². The van der Waals surface area contributed by atoms with E-state index in [1.807, 2.05) is 37.3 Å². The summed E-state index contributed by atoms with van der Waals surface area (Å²) in [6.07, 6.45) is 0.587. The lowest BCUT2D eigenvalue weighted by molar-refractivity contribution is 0.0988. The van der Waals surface area contributed by atoms with Crippen molar-refractivity contribution in [1.82, 2.24) is 5.32 Å². The summed E-state index contributed by atoms with van der Waals surface area (Å²) in [5.41, 5.74) is 0.810. The number of aliphatic hydroxyl groups is 2. The highest BCUT2D eigenvalue weighted by Crippen LogP contribution is 2.01. The molecule has 96 valence electrons. The quantitative estimate of drug-likeness (QED) is 0.508. The van der Waals surface area contributed by atoms with Crippen LogP contribution >= 0.6 is 0 Å². The van der Waals surface area contributed by atoms with E-state index in [-0.39, 0.29) is 19.0 Å². The van der Waals surface area contributed by atoms with Crippen LogP contribution in [0.2, 0.25) is 0 Å². The molecule has 0 saturated heterocycles. The number of hydrogen-bond acceptors (Lipinski definition) is 4. The molecule has 0 aromatic heterocycles. The Labute approximate surface area is 102 Å². The van der Waals surface area contributed by atoms with E-state index < -0.39 is 0 Å². The molecule has 0 aliphatic carbocycles. The lowest BCUT2D eigenvalue weighted by Crippen LogP contribution is -2.21. The van der Waals surface area contributed by atoms with Gasteiger partial charge >= 0.3 is 0 Å². The molecule has 0 fully saturated rings. The third-order valence-corrected chi connectivity index (χ3v) is 1.99. The van der Waals surface area contributed by atoms with Crippen LogP contribution in [0.1, 0.15) is 23.7 Å². The molecule has 0 bridgehead atoms. The number of carbonyl (C=O) groups excluding carboxylic acids is 1. The summed E-state index contributed by atoms with van der Waals surface area (Å²) in [6.45, 7) is 3.29. The zero-order valence-corrected chi connectivity index (χ0v) is 10.2. The fraction of sp³-hybridized carbons (Fsp3) is 0.462. The van der Waals surface area contributed by atoms with Crippen LogP contribution in [0.4, 0.5) is 0 Å². The van der Waals surface area contributed by atoms with E-state index >= 15 is 0 Å². The van der Waals surface area contributed by atoms with Crippen LogP contribution < -0.4 is 5.32 Å². The minimum absolute atomic E-state index is 0.139. The van der Waals surface area contributed by atoms with Gasteiger partial charge in [-0.2, -0.15) is 0 Å². The van der Waals surface area contributed by atoms with Crippen molar-refractivity contribution in [3.05, 3.63) is 35.9 Å². The van der Waals surface area contributed by atoms with Crippen LogP contribution in [0.15, 0.2) is 30.3 Å². The molecule has 4 nitrogen and oxygen atoms in total. The summed E-state index contributed by atoms with van der Waals surface area (Å²) in [5.74, 6) is 0.209. The van der Waals surface area contributed by atoms with E-state index in [0.29, 0.717) is 19.5 Å². The second-order valence-electron chi connectivity index (χ2n) is 3.34. The van der Waals surface area contributed by atoms with Gasteiger partial charge in [-0.1, -0.05) is 37.3 Å². The minimum Gasteiger partial charge on any atom is -0.395 e. The maximum absolute atomic E-state index is 11.0. The Bertz CT molecular complexity index is 284. The smallest absolute Gasteiger partial charge is 0.162 e. The van der Waals surface area contributed by atoms with Crippen LogP contribution in [0.25, 0.3) is 0 Å². The Morgan fingerprint density at radius 1 is 1.12 bits per heavy atom. The van der Waals surface area contributed by atoms with E-state index in [1.54, 1.807) is 0 Å². The monoisotopic (exact) mass is 239 g/mol. The van der Waals surface area contributed by atoms with Gasteiger partial charge < -0.3 is 15.5 Å². The molecule has 0 unspecified atom stereocenters. The van der Waals surface area contributed by atoms with Crippen LogP contribution in [0.5, 0.6) is 0 Å². The predicted molar refractivity (Wildman–Crippen MR) is 68.1 cm³/mol. The number of nitrogens with one attached hydrogen (secondary N) is 1. The fourth-order valence-electron chi connectivity index (χ4n) is 1.11. The number of ketones is 1. The highest BCUT2D eigenvalue weighted by atomic mass is 16.3. The SMILES string of the molecule is CCC(=O)c1ccccc1.OCCNCCO. The second kappa shape index (κ2) is 11.3. The third kappa shape index (κ3) is 8.56. The summed E-state index contributed by atoms with van der Waals surface area (Å²) in [7, 11) is 0. The average Bonchev–Trinajstić information content (AvgIpc) is 2.40. The normalized spacial score (nSPS) is 9.35. The van der Waals surface area contributed by atoms with E-state index in [9.17, 15) is 4.79 Å². The van der Waals surface area contributed by atoms with Gasteiger partial charge in [0.25, 0.3) is 0 Å². The van der Waals surface area contributed by atoms with Crippen molar-refractivity contribution >= 4 is 5.78 Å². The van der Waals surface area contributed by atoms with Gasteiger partial charge in [0.1, 0.15) is 0 Å². The van der Waals surface area contributed by atoms with Crippen molar-refractivity contribution in [3.8, 4) is 0 Å². The number of carbonyl (C=O) groups is 1. The minimum atomic E-state index is 0.139. The van der Waals surface area contributed by atoms with Crippen molar-refractivity contribution in [3.63, 3.8) is 0 Å². The maximum Gasteiger partial charge on any atom is 0.162 e. The van der Waals surface area contributed by atoms with Gasteiger partial charge in [-0.15, -0.1) is 0 Å². The predicted octanol–water partition coefficient (Wildman–Crippen LogP) is 0.840. The van der Waals surface area contributed by atoms with Gasteiger partial charge in [-0.25, -0.2) is 0 Å². The van der Waals surface area contributed by atoms with Gasteiger partial charge in [-0.3, -0.25) is 4.79 Å². The average molecular weight is 239 g/mol. The molecule has 0 atom stereocenters. The Morgan fingerprint density at radius 3 is 2.06 bits per heavy atom. The van der Waals surface area contributed by atoms with Crippen molar-refractivity contribution in [2.24, 2.45) is 0 Å². The Kier molecular flexibility index (Phi) is 10.4. The Hall–Kier alpha value is -1.23. The lowest BCUT2D eigenvalue weighted by atomic mass is 10.1. The van der Waals surface area contributed by atoms with E-state index in [1.165, 1.54) is 0 Å². The molecule has 17 heavy (non-hydrogen) atoms. The lowest BCUT2D eigenvalue weighted by Gasteiger charge is -1.94. The topological polar surface area (TPSA) is 69.6 Å². The van der Waals surface area contributed by atoms with Crippen LogP contribution in [-0.2, 0) is 0 Å². The van der Waals surface area contributed by atoms with E-state index in [0.717, 1.165) is 5.56 Å². The van der Waals surface area contributed by atoms with Gasteiger partial charge in [0.2, 0.25) is 0 Å². The molecular formula is C13H21NO3. The fourth-order valence-corrected chi connectivity index (χ4v) is 1.11. The first-order valence-electron chi connectivity index (χ1n) is 5.77. The van der Waals surface area contributed by atoms with E-state index in [2.05, 4.69) is 5.32 Å². The van der Waals surface area contributed by atoms with Gasteiger partial charge in [0, 0.05) is 25.1 Å². The van der Waals surface area contributed by atoms with Gasteiger partial charge in [-0.05, 0) is 0 Å². The summed E-state index contributed by atoms with van der Waals surface area (Å²) < 4.78 is 0. The largest absolute Gasteiger partial charge is 0.395 e. The van der Waals surface area contributed by atoms with Crippen molar-refractivity contribution in [2.45, 2.75) is 13.3 Å². The zero-order valence-electron chi connectivity index (χ0n) is 10.2. The van der Waals surface area contributed by atoms with Gasteiger partial charge in [0.05, 0.1) is 13.2 Å². The summed E-state index contributed by atoms with van der Waals surface area (Å²) >= 11 is 0. The number of rotatable bonds is 6. The molecule has 0 heterocycles. The molecular weight excluding hydrogens is 218 g/mol. The molecule has 4 heteroatoms. The zero-order chi connectivity index (χ0) is 12.9. The number of benzene rings is 1. The van der Waals surface area contributed by atoms with Crippen LogP contribution in [0, 0.1) is 0 Å². The number of hydrogen-bond donors (Lipinski definition) is 3. The number of aliphatic hydroxyl groups excluding tert-OH is 2. The molecule has 0 spiro atoms. The highest BCUT2D eigenvalue weighted by molar-refractivity contribution is 5.95. The van der Waals surface area contributed by atoms with Crippen molar-refractivity contribution in [2.75, 3.05) is 26.3 Å². The highest BCUT2D eigenvalue weighted by Gasteiger charge is 1.98. The first kappa shape index (κ1) is 15.8. The first-order chi connectivity index (χ1) is 8.26. The second-order valence-corrected chi connectivity index (χ2v) is 3.34. The van der Waals surface area contributed by atoms with Crippen molar-refractivity contribution in [1.29, 1.82) is 0 Å². The van der Waals surface area contributed by atoms with Gasteiger partial charge in [0.15, 0.2) is 5.78 Å². The van der Waals surface area contributed by atoms with E-state index in [4.69, 9.17) is 10.2 Å². The molecule has 0 aliphatic heterocycles. The molecule has 3 N–H and O–H groups in total. The Balaban J connectivity index is 0.000000325. The molecule has 0 radical (unpaired) electrons. The maximum atomic E-state index is 11.0. The molecule has 0 amide bonds. The third-order valence-electron chi connectivity index (χ3n) is 1.99. The standard InChI is InChI=1S/C9H10O.C4H11NO2/c1-2-9(10)8-6-4-3-5-7-8;6-3-1-5-2-4-7/h3-7H,2H2,1H3;5-7H,1-4H2. The van der Waals surface area contributed by atoms with Crippen LogP contribution in [0.3, 0.4) is 0 Å². The summed E-state index contributed by atoms with van der Waals surface area (Å²) in [4.78, 5) is 11.0. The molecule has 0 saturated carbocycles. The summed E-state index contributed by atoms with van der Waals surface area (Å²) in [5, 5.41) is 19.1. The number of Topliss-reactive ketones (excluding diaryl/α,β-unsaturated/α-hetero) is 1. The molecule has 1 aromatic rings. The molecule has 1 aromatic carbocycles. The Morgan fingerprint density at radius 2 is 1.65 bits per heavy atom. The molecule has 1 rings (SSSR count). The molecule has 0 aliphatic rings. The first-order valence-corrected chi connectivity index (χ1v) is 5.77. The van der Waals surface area contributed by atoms with Crippen molar-refractivity contribution < 1.29 is 15.0 Å².